The van der Waals surface area contributed by atoms with Gasteiger partial charge in [0, 0.05) is 25.2 Å². The topological polar surface area (TPSA) is 45.3 Å². The molecule has 2 fully saturated rings. The summed E-state index contributed by atoms with van der Waals surface area (Å²) < 4.78 is 11.4. The monoisotopic (exact) mass is 465 g/mol. The first-order chi connectivity index (χ1) is 16.4. The van der Waals surface area contributed by atoms with Crippen molar-refractivity contribution in [3.05, 3.63) is 70.8 Å². The Balaban J connectivity index is 1.56. The molecule has 0 saturated carbocycles. The molecule has 0 N–H and O–H groups in total. The van der Waals surface area contributed by atoms with Crippen LogP contribution in [-0.4, -0.2) is 86.4 Å². The Morgan fingerprint density at radius 1 is 0.971 bits per heavy atom. The largest absolute Gasteiger partial charge is 0.379 e. The van der Waals surface area contributed by atoms with Crippen LogP contribution in [0, 0.1) is 6.92 Å². The molecular weight excluding hydrogens is 426 g/mol. The molecule has 184 valence electrons. The minimum Gasteiger partial charge on any atom is -0.379 e. The molecule has 0 aromatic heterocycles. The standard InChI is InChI=1S/C28H39N3O3/c1-5-28(29(3)4,20-23-8-6-22(2)7-9-23)27(32)25-12-10-24(11-13-25)26-21-34-19-16-31(26)30-14-17-33-18-15-30/h6-13,26H,5,14-21H2,1-4H3. The Morgan fingerprint density at radius 3 is 2.24 bits per heavy atom. The third-order valence-electron chi connectivity index (χ3n) is 7.49. The maximum atomic E-state index is 13.9. The maximum absolute atomic E-state index is 13.9. The van der Waals surface area contributed by atoms with Crippen LogP contribution in [0.3, 0.4) is 0 Å². The average molecular weight is 466 g/mol. The van der Waals surface area contributed by atoms with Gasteiger partial charge in [0.15, 0.2) is 5.78 Å². The van der Waals surface area contributed by atoms with E-state index < -0.39 is 5.54 Å². The number of aryl methyl sites for hydroxylation is 1. The van der Waals surface area contributed by atoms with Gasteiger partial charge in [-0.1, -0.05) is 61.0 Å². The van der Waals surface area contributed by atoms with E-state index in [1.165, 1.54) is 16.7 Å². The van der Waals surface area contributed by atoms with Crippen LogP contribution in [0.5, 0.6) is 0 Å². The number of ether oxygens (including phenoxy) is 2. The molecule has 0 spiro atoms. The van der Waals surface area contributed by atoms with Crippen LogP contribution in [0.15, 0.2) is 48.5 Å². The van der Waals surface area contributed by atoms with Crippen molar-refractivity contribution >= 4 is 5.78 Å². The number of carbonyl (C=O) groups is 1. The molecule has 2 aliphatic rings. The Hall–Kier alpha value is -2.09. The number of benzene rings is 2. The Kier molecular flexibility index (Phi) is 8.17. The van der Waals surface area contributed by atoms with Crippen LogP contribution in [0.1, 0.15) is 46.4 Å². The number of rotatable bonds is 8. The van der Waals surface area contributed by atoms with Crippen molar-refractivity contribution in [1.82, 2.24) is 14.9 Å². The number of hydrogen-bond acceptors (Lipinski definition) is 6. The van der Waals surface area contributed by atoms with E-state index in [1.54, 1.807) is 0 Å². The van der Waals surface area contributed by atoms with Gasteiger partial charge in [0.25, 0.3) is 0 Å². The van der Waals surface area contributed by atoms with E-state index in [-0.39, 0.29) is 11.8 Å². The molecule has 0 bridgehead atoms. The first-order valence-electron chi connectivity index (χ1n) is 12.5. The highest BCUT2D eigenvalue weighted by Crippen LogP contribution is 2.30. The van der Waals surface area contributed by atoms with Gasteiger partial charge in [-0.05, 0) is 45.0 Å². The second-order valence-electron chi connectivity index (χ2n) is 9.71. The van der Waals surface area contributed by atoms with Crippen molar-refractivity contribution in [3.63, 3.8) is 0 Å². The normalized spacial score (nSPS) is 22.0. The number of hydrazine groups is 1. The van der Waals surface area contributed by atoms with Gasteiger partial charge >= 0.3 is 0 Å². The van der Waals surface area contributed by atoms with Gasteiger partial charge in [-0.3, -0.25) is 9.69 Å². The van der Waals surface area contributed by atoms with Gasteiger partial charge in [0.1, 0.15) is 0 Å². The van der Waals surface area contributed by atoms with E-state index in [2.05, 4.69) is 65.2 Å². The van der Waals surface area contributed by atoms with Crippen molar-refractivity contribution in [3.8, 4) is 0 Å². The predicted octanol–water partition coefficient (Wildman–Crippen LogP) is 3.75. The van der Waals surface area contributed by atoms with E-state index >= 15 is 0 Å². The third kappa shape index (κ3) is 5.26. The molecule has 2 aromatic carbocycles. The number of Topliss-reactive ketones (excluding diaryl/α,β-unsaturated/α-hetero) is 1. The van der Waals surface area contributed by atoms with Gasteiger partial charge in [-0.15, -0.1) is 0 Å². The van der Waals surface area contributed by atoms with Crippen LogP contribution in [0.4, 0.5) is 0 Å². The number of carbonyl (C=O) groups excluding carboxylic acids is 1. The fourth-order valence-electron chi connectivity index (χ4n) is 5.22. The molecular formula is C28H39N3O3. The molecule has 2 saturated heterocycles. The molecule has 2 aromatic rings. The van der Waals surface area contributed by atoms with Gasteiger partial charge in [0.2, 0.25) is 0 Å². The zero-order valence-corrected chi connectivity index (χ0v) is 21.1. The summed E-state index contributed by atoms with van der Waals surface area (Å²) in [5, 5.41) is 4.82. The molecule has 0 radical (unpaired) electrons. The highest BCUT2D eigenvalue weighted by atomic mass is 16.5. The molecule has 6 heteroatoms. The fourth-order valence-corrected chi connectivity index (χ4v) is 5.22. The SMILES string of the molecule is CCC(Cc1ccc(C)cc1)(C(=O)c1ccc(C2COCCN2N2CCOCC2)cc1)N(C)C. The van der Waals surface area contributed by atoms with E-state index in [0.29, 0.717) is 13.0 Å². The summed E-state index contributed by atoms with van der Waals surface area (Å²) in [4.78, 5) is 16.0. The molecule has 34 heavy (non-hydrogen) atoms. The van der Waals surface area contributed by atoms with Crippen LogP contribution in [-0.2, 0) is 15.9 Å². The van der Waals surface area contributed by atoms with Gasteiger partial charge in [0.05, 0.1) is 38.0 Å². The van der Waals surface area contributed by atoms with Gasteiger partial charge in [-0.2, -0.15) is 0 Å². The second kappa shape index (κ2) is 11.1. The lowest BCUT2D eigenvalue weighted by molar-refractivity contribution is -0.159. The third-order valence-corrected chi connectivity index (χ3v) is 7.49. The molecule has 2 heterocycles. The van der Waals surface area contributed by atoms with Crippen molar-refractivity contribution in [1.29, 1.82) is 0 Å². The first-order valence-corrected chi connectivity index (χ1v) is 12.5. The average Bonchev–Trinajstić information content (AvgIpc) is 2.88. The highest BCUT2D eigenvalue weighted by molar-refractivity contribution is 6.03. The van der Waals surface area contributed by atoms with Gasteiger partial charge in [-0.25, -0.2) is 10.0 Å². The summed E-state index contributed by atoms with van der Waals surface area (Å²) in [6.45, 7) is 9.83. The number of morpholine rings is 2. The minimum absolute atomic E-state index is 0.161. The van der Waals surface area contributed by atoms with E-state index in [9.17, 15) is 4.79 Å². The molecule has 0 aliphatic carbocycles. The van der Waals surface area contributed by atoms with Gasteiger partial charge < -0.3 is 9.47 Å². The van der Waals surface area contributed by atoms with E-state index in [1.807, 2.05) is 26.2 Å². The number of hydrogen-bond donors (Lipinski definition) is 0. The lowest BCUT2D eigenvalue weighted by atomic mass is 9.80. The second-order valence-corrected chi connectivity index (χ2v) is 9.71. The molecule has 2 unspecified atom stereocenters. The maximum Gasteiger partial charge on any atom is 0.183 e. The molecule has 6 nitrogen and oxygen atoms in total. The number of nitrogens with zero attached hydrogens (tertiary/aromatic N) is 3. The summed E-state index contributed by atoms with van der Waals surface area (Å²) in [5.74, 6) is 0.178. The summed E-state index contributed by atoms with van der Waals surface area (Å²) in [5.41, 5.74) is 3.79. The molecule has 2 aliphatic heterocycles. The van der Waals surface area contributed by atoms with Crippen molar-refractivity contribution in [2.75, 3.05) is 60.2 Å². The number of ketones is 1. The quantitative estimate of drug-likeness (QED) is 0.554. The number of likely N-dealkylation sites (N-methyl/N-ethyl adjacent to an activating group) is 1. The first kappa shape index (κ1) is 25.0. The molecule has 0 amide bonds. The summed E-state index contributed by atoms with van der Waals surface area (Å²) in [6, 6.07) is 16.9. The van der Waals surface area contributed by atoms with Crippen molar-refractivity contribution in [2.24, 2.45) is 0 Å². The fraction of sp³-hybridized carbons (Fsp3) is 0.536. The van der Waals surface area contributed by atoms with Crippen molar-refractivity contribution in [2.45, 2.75) is 38.3 Å². The Labute approximate surface area is 204 Å². The molecule has 2 atom stereocenters. The zero-order chi connectivity index (χ0) is 24.1. The minimum atomic E-state index is -0.579. The van der Waals surface area contributed by atoms with E-state index in [0.717, 1.165) is 51.4 Å². The van der Waals surface area contributed by atoms with Crippen LogP contribution in [0.25, 0.3) is 0 Å². The molecule has 4 rings (SSSR count). The Morgan fingerprint density at radius 2 is 1.62 bits per heavy atom. The lowest BCUT2D eigenvalue weighted by Crippen LogP contribution is -2.54. The van der Waals surface area contributed by atoms with Crippen molar-refractivity contribution < 1.29 is 14.3 Å². The predicted molar refractivity (Wildman–Crippen MR) is 135 cm³/mol. The summed E-state index contributed by atoms with van der Waals surface area (Å²) in [6.07, 6.45) is 1.44. The summed E-state index contributed by atoms with van der Waals surface area (Å²) in [7, 11) is 4.03. The van der Waals surface area contributed by atoms with E-state index in [4.69, 9.17) is 9.47 Å². The lowest BCUT2D eigenvalue weighted by Gasteiger charge is -2.44. The smallest absolute Gasteiger partial charge is 0.183 e. The van der Waals surface area contributed by atoms with Crippen LogP contribution < -0.4 is 0 Å². The van der Waals surface area contributed by atoms with Crippen LogP contribution >= 0.6 is 0 Å². The summed E-state index contributed by atoms with van der Waals surface area (Å²) >= 11 is 0. The highest BCUT2D eigenvalue weighted by Gasteiger charge is 2.39. The zero-order valence-electron chi connectivity index (χ0n) is 21.1. The Bertz CT molecular complexity index is 938. The van der Waals surface area contributed by atoms with Crippen LogP contribution in [0.2, 0.25) is 0 Å².